The lowest BCUT2D eigenvalue weighted by atomic mass is 10.0. The Balaban J connectivity index is 1.49. The minimum atomic E-state index is -4.59. The number of nitrogens with one attached hydrogen (secondary N) is 2. The normalized spacial score (nSPS) is 13.7. The van der Waals surface area contributed by atoms with Gasteiger partial charge in [-0.1, -0.05) is 29.8 Å². The van der Waals surface area contributed by atoms with Gasteiger partial charge in [0.2, 0.25) is 0 Å². The van der Waals surface area contributed by atoms with Crippen molar-refractivity contribution in [3.05, 3.63) is 123 Å². The zero-order chi connectivity index (χ0) is 32.1. The van der Waals surface area contributed by atoms with Crippen LogP contribution in [-0.2, 0) is 32.2 Å². The first-order chi connectivity index (χ1) is 21.3. The lowest BCUT2D eigenvalue weighted by Crippen LogP contribution is -2.33. The molecular formula is C31H24ClF2N3O6S2. The number of carbonyl (C=O) groups is 1. The van der Waals surface area contributed by atoms with Crippen LogP contribution in [0.5, 0.6) is 0 Å². The lowest BCUT2D eigenvalue weighted by molar-refractivity contribution is 0.0974. The fourth-order valence-corrected chi connectivity index (χ4v) is 8.18. The molecule has 1 saturated carbocycles. The molecule has 0 radical (unpaired) electrons. The van der Waals surface area contributed by atoms with Gasteiger partial charge in [0.15, 0.2) is 9.84 Å². The molecular weight excluding hydrogens is 648 g/mol. The molecule has 1 fully saturated rings. The number of H-pyrrole nitrogens is 1. The molecule has 2 heterocycles. The average molecular weight is 672 g/mol. The van der Waals surface area contributed by atoms with Crippen molar-refractivity contribution in [2.24, 2.45) is 0 Å². The van der Waals surface area contributed by atoms with E-state index in [9.17, 15) is 35.2 Å². The molecule has 9 nitrogen and oxygen atoms in total. The van der Waals surface area contributed by atoms with Crippen LogP contribution >= 0.6 is 11.6 Å². The van der Waals surface area contributed by atoms with E-state index < -0.39 is 48.2 Å². The molecule has 1 amide bonds. The van der Waals surface area contributed by atoms with Crippen LogP contribution in [0.25, 0.3) is 22.0 Å². The van der Waals surface area contributed by atoms with E-state index in [0.717, 1.165) is 6.07 Å². The molecule has 1 aliphatic carbocycles. The molecule has 3 aromatic carbocycles. The van der Waals surface area contributed by atoms with Gasteiger partial charge in [0, 0.05) is 44.9 Å². The number of hydrogen-bond donors (Lipinski definition) is 2. The van der Waals surface area contributed by atoms with Gasteiger partial charge in [0.1, 0.15) is 17.3 Å². The first kappa shape index (κ1) is 30.7. The molecule has 14 heteroatoms. The van der Waals surface area contributed by atoms with E-state index in [4.69, 9.17) is 11.6 Å². The van der Waals surface area contributed by atoms with Gasteiger partial charge in [-0.05, 0) is 66.9 Å². The van der Waals surface area contributed by atoms with Crippen molar-refractivity contribution in [1.82, 2.24) is 14.3 Å². The van der Waals surface area contributed by atoms with Crippen LogP contribution in [-0.4, -0.2) is 37.5 Å². The molecule has 0 aliphatic heterocycles. The third-order valence-electron chi connectivity index (χ3n) is 7.51. The average Bonchev–Trinajstić information content (AvgIpc) is 3.79. The van der Waals surface area contributed by atoms with Gasteiger partial charge < -0.3 is 9.55 Å². The molecule has 0 saturated heterocycles. The van der Waals surface area contributed by atoms with Crippen LogP contribution in [0.1, 0.15) is 34.5 Å². The van der Waals surface area contributed by atoms with E-state index in [1.807, 2.05) is 4.72 Å². The number of sulfone groups is 1. The number of benzene rings is 3. The third-order valence-corrected chi connectivity index (χ3v) is 11.3. The smallest absolute Gasteiger partial charge is 0.282 e. The Hall–Kier alpha value is -4.33. The summed E-state index contributed by atoms with van der Waals surface area (Å²) in [5, 5.41) is 0.105. The van der Waals surface area contributed by atoms with Gasteiger partial charge in [0.05, 0.1) is 22.4 Å². The molecule has 0 atom stereocenters. The summed E-state index contributed by atoms with van der Waals surface area (Å²) in [7, 11) is -8.04. The zero-order valence-electron chi connectivity index (χ0n) is 23.3. The van der Waals surface area contributed by atoms with E-state index in [1.165, 1.54) is 71.4 Å². The van der Waals surface area contributed by atoms with Crippen LogP contribution in [0, 0.1) is 11.6 Å². The van der Waals surface area contributed by atoms with Crippen molar-refractivity contribution in [1.29, 1.82) is 0 Å². The Labute approximate surface area is 261 Å². The quantitative estimate of drug-likeness (QED) is 0.222. The summed E-state index contributed by atoms with van der Waals surface area (Å²) in [5.74, 6) is -3.22. The van der Waals surface area contributed by atoms with Crippen LogP contribution in [0.2, 0.25) is 5.02 Å². The van der Waals surface area contributed by atoms with Crippen LogP contribution in [0.15, 0.2) is 88.7 Å². The number of hydrogen-bond acceptors (Lipinski definition) is 6. The summed E-state index contributed by atoms with van der Waals surface area (Å²) < 4.78 is 84.0. The van der Waals surface area contributed by atoms with Crippen molar-refractivity contribution in [2.75, 3.05) is 0 Å². The highest BCUT2D eigenvalue weighted by molar-refractivity contribution is 7.91. The number of nitrogens with zero attached hydrogens (tertiary/aromatic N) is 1. The third kappa shape index (κ3) is 6.15. The number of aromatic nitrogens is 2. The Morgan fingerprint density at radius 2 is 1.76 bits per heavy atom. The van der Waals surface area contributed by atoms with Crippen molar-refractivity contribution in [3.63, 3.8) is 0 Å². The number of sulfonamides is 1. The summed E-state index contributed by atoms with van der Waals surface area (Å²) in [5.41, 5.74) is -0.305. The Morgan fingerprint density at radius 3 is 2.47 bits per heavy atom. The second-order valence-electron chi connectivity index (χ2n) is 10.7. The number of halogens is 3. The molecule has 0 bridgehead atoms. The summed E-state index contributed by atoms with van der Waals surface area (Å²) in [6.45, 7) is -0.341. The van der Waals surface area contributed by atoms with Gasteiger partial charge in [-0.15, -0.1) is 0 Å². The molecule has 5 aromatic rings. The van der Waals surface area contributed by atoms with E-state index in [0.29, 0.717) is 29.8 Å². The van der Waals surface area contributed by atoms with E-state index >= 15 is 0 Å². The predicted octanol–water partition coefficient (Wildman–Crippen LogP) is 5.17. The second-order valence-corrected chi connectivity index (χ2v) is 15.1. The minimum absolute atomic E-state index is 0.0120. The van der Waals surface area contributed by atoms with Crippen LogP contribution in [0.3, 0.4) is 0 Å². The second kappa shape index (κ2) is 11.5. The first-order valence-corrected chi connectivity index (χ1v) is 17.2. The van der Waals surface area contributed by atoms with Crippen molar-refractivity contribution in [2.45, 2.75) is 35.3 Å². The zero-order valence-corrected chi connectivity index (χ0v) is 25.6. The van der Waals surface area contributed by atoms with Gasteiger partial charge in [0.25, 0.3) is 21.5 Å². The maximum atomic E-state index is 14.9. The standard InChI is InChI=1S/C31H24ClF2N3O6S2/c32-20-7-11-27-25(14-20)28(24-5-2-12-35-30(24)38)29(37(27)16-19-6-8-21(33)15-26(19)34)31(39)36-45(42,43)23-4-1-3-18(13-23)17-44(40,41)22-9-10-22/h1-8,11-15,22H,9-10,16-17H2,(H,35,38)(H,36,39). The monoisotopic (exact) mass is 671 g/mol. The Morgan fingerprint density at radius 1 is 0.978 bits per heavy atom. The molecule has 2 N–H and O–H groups in total. The van der Waals surface area contributed by atoms with Gasteiger partial charge in [-0.3, -0.25) is 9.59 Å². The maximum Gasteiger partial charge on any atom is 0.282 e. The highest BCUT2D eigenvalue weighted by atomic mass is 35.5. The first-order valence-electron chi connectivity index (χ1n) is 13.7. The number of carbonyl (C=O) groups excluding carboxylic acids is 1. The summed E-state index contributed by atoms with van der Waals surface area (Å²) in [6.07, 6.45) is 2.50. The van der Waals surface area contributed by atoms with Crippen molar-refractivity contribution >= 4 is 48.3 Å². The topological polar surface area (TPSA) is 135 Å². The SMILES string of the molecule is O=C(NS(=O)(=O)c1cccc(CS(=O)(=O)C2CC2)c1)c1c(-c2ccc[nH]c2=O)c2cc(Cl)ccc2n1Cc1ccc(F)cc1F. The molecule has 0 spiro atoms. The number of pyridine rings is 1. The highest BCUT2D eigenvalue weighted by Crippen LogP contribution is 2.36. The van der Waals surface area contributed by atoms with Gasteiger partial charge >= 0.3 is 0 Å². The lowest BCUT2D eigenvalue weighted by Gasteiger charge is -2.14. The molecule has 2 aromatic heterocycles. The minimum Gasteiger partial charge on any atom is -0.331 e. The van der Waals surface area contributed by atoms with Crippen LogP contribution in [0.4, 0.5) is 8.78 Å². The molecule has 232 valence electrons. The molecule has 1 aliphatic rings. The summed E-state index contributed by atoms with van der Waals surface area (Å²) in [6, 6.07) is 15.7. The number of fused-ring (bicyclic) bond motifs is 1. The van der Waals surface area contributed by atoms with Crippen LogP contribution < -0.4 is 10.3 Å². The fourth-order valence-electron chi connectivity index (χ4n) is 5.25. The fraction of sp³-hybridized carbons (Fsp3) is 0.161. The number of aromatic amines is 1. The number of rotatable bonds is 9. The summed E-state index contributed by atoms with van der Waals surface area (Å²) in [4.78, 5) is 29.2. The van der Waals surface area contributed by atoms with E-state index in [1.54, 1.807) is 0 Å². The van der Waals surface area contributed by atoms with E-state index in [-0.39, 0.29) is 50.2 Å². The predicted molar refractivity (Wildman–Crippen MR) is 165 cm³/mol. The Bertz CT molecular complexity index is 2280. The molecule has 45 heavy (non-hydrogen) atoms. The Kier molecular flexibility index (Phi) is 7.88. The maximum absolute atomic E-state index is 14.9. The molecule has 6 rings (SSSR count). The largest absolute Gasteiger partial charge is 0.331 e. The number of amides is 1. The van der Waals surface area contributed by atoms with Gasteiger partial charge in [-0.2, -0.15) is 0 Å². The molecule has 0 unspecified atom stereocenters. The van der Waals surface area contributed by atoms with E-state index in [2.05, 4.69) is 4.98 Å². The highest BCUT2D eigenvalue weighted by Gasteiger charge is 2.36. The van der Waals surface area contributed by atoms with Crippen molar-refractivity contribution < 1.29 is 30.4 Å². The van der Waals surface area contributed by atoms with Gasteiger partial charge in [-0.25, -0.2) is 30.3 Å². The summed E-state index contributed by atoms with van der Waals surface area (Å²) >= 11 is 6.30. The van der Waals surface area contributed by atoms with Crippen molar-refractivity contribution in [3.8, 4) is 11.1 Å².